The van der Waals surface area contributed by atoms with E-state index in [1.54, 1.807) is 13.0 Å². The molecule has 0 spiro atoms. The van der Waals surface area contributed by atoms with Gasteiger partial charge < -0.3 is 14.5 Å². The lowest BCUT2D eigenvalue weighted by Gasteiger charge is -2.13. The first-order valence-corrected chi connectivity index (χ1v) is 6.99. The maximum Gasteiger partial charge on any atom is 0.341 e. The molecule has 0 radical (unpaired) electrons. The van der Waals surface area contributed by atoms with Crippen molar-refractivity contribution in [1.29, 1.82) is 0 Å². The molecule has 1 aromatic carbocycles. The van der Waals surface area contributed by atoms with E-state index in [1.165, 1.54) is 18.2 Å². The Hall–Kier alpha value is -2.07. The van der Waals surface area contributed by atoms with Crippen LogP contribution < -0.4 is 5.32 Å². The van der Waals surface area contributed by atoms with E-state index in [1.807, 2.05) is 0 Å². The smallest absolute Gasteiger partial charge is 0.341 e. The summed E-state index contributed by atoms with van der Waals surface area (Å²) < 4.78 is 10.3. The van der Waals surface area contributed by atoms with Crippen LogP contribution in [0.3, 0.4) is 0 Å². The zero-order valence-corrected chi connectivity index (χ0v) is 12.9. The number of benzene rings is 1. The second-order valence-electron chi connectivity index (χ2n) is 5.19. The van der Waals surface area contributed by atoms with Gasteiger partial charge in [0.15, 0.2) is 0 Å². The first kappa shape index (κ1) is 15.3. The molecular formula is C17H21NO3. The summed E-state index contributed by atoms with van der Waals surface area (Å²) in [6, 6.07) is 10.4. The van der Waals surface area contributed by atoms with E-state index in [0.29, 0.717) is 17.9 Å². The summed E-state index contributed by atoms with van der Waals surface area (Å²) in [6.45, 7) is 6.50. The average Bonchev–Trinajstić information content (AvgIpc) is 2.86. The molecule has 0 aliphatic carbocycles. The summed E-state index contributed by atoms with van der Waals surface area (Å²) in [5.41, 5.74) is 2.95. The van der Waals surface area contributed by atoms with Crippen LogP contribution in [-0.4, -0.2) is 13.1 Å². The molecule has 21 heavy (non-hydrogen) atoms. The number of ether oxygens (including phenoxy) is 1. The highest BCUT2D eigenvalue weighted by atomic mass is 16.5. The molecule has 4 nitrogen and oxygen atoms in total. The number of carbonyl (C=O) groups is 1. The van der Waals surface area contributed by atoms with Crippen molar-refractivity contribution in [2.45, 2.75) is 33.4 Å². The van der Waals surface area contributed by atoms with Crippen molar-refractivity contribution < 1.29 is 13.9 Å². The number of esters is 1. The SMILES string of the molecule is COC(=O)c1cc(CNC(C)c2ccc(C)cc2)oc1C. The molecule has 2 rings (SSSR count). The lowest BCUT2D eigenvalue weighted by Crippen LogP contribution is -2.17. The van der Waals surface area contributed by atoms with E-state index in [0.717, 1.165) is 5.76 Å². The topological polar surface area (TPSA) is 51.5 Å². The number of nitrogens with one attached hydrogen (secondary N) is 1. The van der Waals surface area contributed by atoms with Gasteiger partial charge in [-0.3, -0.25) is 0 Å². The molecule has 1 unspecified atom stereocenters. The number of hydrogen-bond donors (Lipinski definition) is 1. The summed E-state index contributed by atoms with van der Waals surface area (Å²) in [6.07, 6.45) is 0. The number of aryl methyl sites for hydroxylation is 2. The zero-order valence-electron chi connectivity index (χ0n) is 12.9. The van der Waals surface area contributed by atoms with Gasteiger partial charge in [-0.15, -0.1) is 0 Å². The summed E-state index contributed by atoms with van der Waals surface area (Å²) in [7, 11) is 1.37. The van der Waals surface area contributed by atoms with Gasteiger partial charge in [-0.2, -0.15) is 0 Å². The number of carbonyl (C=O) groups excluding carboxylic acids is 1. The maximum absolute atomic E-state index is 11.5. The third-order valence-corrected chi connectivity index (χ3v) is 3.53. The molecule has 4 heteroatoms. The third-order valence-electron chi connectivity index (χ3n) is 3.53. The summed E-state index contributed by atoms with van der Waals surface area (Å²) >= 11 is 0. The van der Waals surface area contributed by atoms with Crippen molar-refractivity contribution in [2.24, 2.45) is 0 Å². The molecule has 0 bridgehead atoms. The predicted octanol–water partition coefficient (Wildman–Crippen LogP) is 3.53. The van der Waals surface area contributed by atoms with Crippen molar-refractivity contribution in [3.05, 3.63) is 58.5 Å². The highest BCUT2D eigenvalue weighted by Gasteiger charge is 2.15. The highest BCUT2D eigenvalue weighted by molar-refractivity contribution is 5.90. The van der Waals surface area contributed by atoms with Crippen LogP contribution in [0.25, 0.3) is 0 Å². The molecule has 0 saturated heterocycles. The van der Waals surface area contributed by atoms with Gasteiger partial charge in [-0.1, -0.05) is 29.8 Å². The number of furan rings is 1. The minimum Gasteiger partial charge on any atom is -0.465 e. The first-order valence-electron chi connectivity index (χ1n) is 6.99. The van der Waals surface area contributed by atoms with E-state index in [9.17, 15) is 4.79 Å². The molecule has 0 fully saturated rings. The van der Waals surface area contributed by atoms with Gasteiger partial charge >= 0.3 is 5.97 Å². The fraction of sp³-hybridized carbons (Fsp3) is 0.353. The Bertz CT molecular complexity index is 613. The van der Waals surface area contributed by atoms with Crippen LogP contribution in [-0.2, 0) is 11.3 Å². The van der Waals surface area contributed by atoms with E-state index in [2.05, 4.69) is 43.4 Å². The van der Waals surface area contributed by atoms with Crippen LogP contribution in [0.15, 0.2) is 34.7 Å². The normalized spacial score (nSPS) is 12.2. The van der Waals surface area contributed by atoms with Crippen LogP contribution in [0.1, 0.15) is 46.0 Å². The first-order chi connectivity index (χ1) is 10.0. The molecule has 1 aromatic heterocycles. The zero-order chi connectivity index (χ0) is 15.4. The monoisotopic (exact) mass is 287 g/mol. The average molecular weight is 287 g/mol. The summed E-state index contributed by atoms with van der Waals surface area (Å²) in [5, 5.41) is 3.39. The number of hydrogen-bond acceptors (Lipinski definition) is 4. The van der Waals surface area contributed by atoms with E-state index >= 15 is 0 Å². The van der Waals surface area contributed by atoms with Gasteiger partial charge in [-0.05, 0) is 32.4 Å². The Morgan fingerprint density at radius 2 is 1.95 bits per heavy atom. The van der Waals surface area contributed by atoms with Crippen molar-refractivity contribution in [2.75, 3.05) is 7.11 Å². The number of methoxy groups -OCH3 is 1. The van der Waals surface area contributed by atoms with Crippen LogP contribution in [0.4, 0.5) is 0 Å². The van der Waals surface area contributed by atoms with Gasteiger partial charge in [0.25, 0.3) is 0 Å². The van der Waals surface area contributed by atoms with Crippen LogP contribution in [0.5, 0.6) is 0 Å². The van der Waals surface area contributed by atoms with Crippen LogP contribution >= 0.6 is 0 Å². The molecule has 0 aliphatic rings. The van der Waals surface area contributed by atoms with Gasteiger partial charge in [0.05, 0.1) is 13.7 Å². The highest BCUT2D eigenvalue weighted by Crippen LogP contribution is 2.18. The van der Waals surface area contributed by atoms with Gasteiger partial charge in [0.1, 0.15) is 17.1 Å². The van der Waals surface area contributed by atoms with E-state index in [-0.39, 0.29) is 12.0 Å². The quantitative estimate of drug-likeness (QED) is 0.855. The Balaban J connectivity index is 1.99. The summed E-state index contributed by atoms with van der Waals surface area (Å²) in [4.78, 5) is 11.5. The fourth-order valence-corrected chi connectivity index (χ4v) is 2.17. The molecule has 1 N–H and O–H groups in total. The molecule has 1 heterocycles. The largest absolute Gasteiger partial charge is 0.465 e. The molecule has 1 atom stereocenters. The molecule has 0 saturated carbocycles. The van der Waals surface area contributed by atoms with E-state index < -0.39 is 0 Å². The Kier molecular flexibility index (Phi) is 4.81. The molecule has 112 valence electrons. The van der Waals surface area contributed by atoms with Crippen molar-refractivity contribution >= 4 is 5.97 Å². The molecule has 2 aromatic rings. The third kappa shape index (κ3) is 3.73. The fourth-order valence-electron chi connectivity index (χ4n) is 2.17. The molecule has 0 amide bonds. The summed E-state index contributed by atoms with van der Waals surface area (Å²) in [5.74, 6) is 0.947. The second-order valence-corrected chi connectivity index (χ2v) is 5.19. The van der Waals surface area contributed by atoms with Crippen molar-refractivity contribution in [3.8, 4) is 0 Å². The standard InChI is InChI=1S/C17H21NO3/c1-11-5-7-14(8-6-11)12(2)18-10-15-9-16(13(3)21-15)17(19)20-4/h5-9,12,18H,10H2,1-4H3. The minimum absolute atomic E-state index is 0.206. The number of rotatable bonds is 5. The Morgan fingerprint density at radius 1 is 1.29 bits per heavy atom. The van der Waals surface area contributed by atoms with Crippen molar-refractivity contribution in [3.63, 3.8) is 0 Å². The molecule has 0 aliphatic heterocycles. The van der Waals surface area contributed by atoms with Crippen molar-refractivity contribution in [1.82, 2.24) is 5.32 Å². The second kappa shape index (κ2) is 6.59. The predicted molar refractivity (Wildman–Crippen MR) is 81.2 cm³/mol. The lowest BCUT2D eigenvalue weighted by atomic mass is 10.1. The Labute approximate surface area is 125 Å². The van der Waals surface area contributed by atoms with E-state index in [4.69, 9.17) is 9.15 Å². The van der Waals surface area contributed by atoms with Gasteiger partial charge in [-0.25, -0.2) is 4.79 Å². The maximum atomic E-state index is 11.5. The van der Waals surface area contributed by atoms with Crippen LogP contribution in [0.2, 0.25) is 0 Å². The minimum atomic E-state index is -0.367. The van der Waals surface area contributed by atoms with Gasteiger partial charge in [0.2, 0.25) is 0 Å². The van der Waals surface area contributed by atoms with Gasteiger partial charge in [0, 0.05) is 6.04 Å². The lowest BCUT2D eigenvalue weighted by molar-refractivity contribution is 0.0599. The van der Waals surface area contributed by atoms with Crippen LogP contribution in [0, 0.1) is 13.8 Å². The molecular weight excluding hydrogens is 266 g/mol. The Morgan fingerprint density at radius 3 is 2.57 bits per heavy atom.